The molecule has 0 bridgehead atoms. The number of esters is 1. The van der Waals surface area contributed by atoms with Gasteiger partial charge in [-0.3, -0.25) is 0 Å². The Morgan fingerprint density at radius 3 is 2.48 bits per heavy atom. The van der Waals surface area contributed by atoms with Crippen molar-refractivity contribution in [2.45, 2.75) is 5.60 Å². The van der Waals surface area contributed by atoms with Crippen molar-refractivity contribution in [1.82, 2.24) is 0 Å². The molecule has 0 aromatic heterocycles. The molecule has 0 saturated heterocycles. The van der Waals surface area contributed by atoms with Gasteiger partial charge in [0.15, 0.2) is 5.60 Å². The number of allylic oxidation sites excluding steroid dienone is 2. The van der Waals surface area contributed by atoms with Crippen molar-refractivity contribution < 1.29 is 14.3 Å². The highest BCUT2D eigenvalue weighted by Crippen LogP contribution is 2.54. The highest BCUT2D eigenvalue weighted by Gasteiger charge is 2.54. The van der Waals surface area contributed by atoms with Crippen molar-refractivity contribution in [1.29, 1.82) is 0 Å². The standard InChI is InChI=1S/C20H14O3/c1-3-8-15-13(2)22-18-12-7-6-11-17(18)20(15)16-10-5-4-9-14(16)19(21)23-20/h3-12H,1-2H2/b15-8+. The quantitative estimate of drug-likeness (QED) is 0.743. The van der Waals surface area contributed by atoms with E-state index in [-0.39, 0.29) is 5.97 Å². The van der Waals surface area contributed by atoms with E-state index in [1.807, 2.05) is 42.5 Å². The van der Waals surface area contributed by atoms with E-state index in [9.17, 15) is 4.79 Å². The van der Waals surface area contributed by atoms with Crippen LogP contribution < -0.4 is 4.74 Å². The molecule has 2 heterocycles. The first kappa shape index (κ1) is 13.6. The van der Waals surface area contributed by atoms with Gasteiger partial charge in [-0.15, -0.1) is 0 Å². The first-order valence-electron chi connectivity index (χ1n) is 7.31. The Labute approximate surface area is 134 Å². The average molecular weight is 302 g/mol. The maximum atomic E-state index is 12.5. The summed E-state index contributed by atoms with van der Waals surface area (Å²) in [6.07, 6.45) is 3.43. The lowest BCUT2D eigenvalue weighted by atomic mass is 9.77. The Hall–Kier alpha value is -3.07. The van der Waals surface area contributed by atoms with E-state index < -0.39 is 5.60 Å². The molecule has 0 radical (unpaired) electrons. The first-order valence-corrected chi connectivity index (χ1v) is 7.31. The predicted molar refractivity (Wildman–Crippen MR) is 87.1 cm³/mol. The molecule has 3 nitrogen and oxygen atoms in total. The molecule has 0 amide bonds. The van der Waals surface area contributed by atoms with E-state index in [1.54, 1.807) is 18.2 Å². The number of hydrogen-bond acceptors (Lipinski definition) is 3. The maximum Gasteiger partial charge on any atom is 0.340 e. The SMILES string of the molecule is C=C/C=C1\C(=C)Oc2ccccc2C12OC(=O)c1ccccc12. The normalized spacial score (nSPS) is 23.2. The summed E-state index contributed by atoms with van der Waals surface area (Å²) in [6, 6.07) is 15.0. The van der Waals surface area contributed by atoms with E-state index in [4.69, 9.17) is 9.47 Å². The number of ether oxygens (including phenoxy) is 2. The summed E-state index contributed by atoms with van der Waals surface area (Å²) in [7, 11) is 0. The van der Waals surface area contributed by atoms with Crippen molar-refractivity contribution in [3.8, 4) is 5.75 Å². The summed E-state index contributed by atoms with van der Waals surface area (Å²) in [5.41, 5.74) is 1.80. The Balaban J connectivity index is 2.13. The van der Waals surface area contributed by atoms with Crippen molar-refractivity contribution in [2.75, 3.05) is 0 Å². The number of fused-ring (bicyclic) bond motifs is 4. The molecule has 1 unspecified atom stereocenters. The lowest BCUT2D eigenvalue weighted by Crippen LogP contribution is -2.36. The van der Waals surface area contributed by atoms with Gasteiger partial charge in [0, 0.05) is 16.7 Å². The first-order chi connectivity index (χ1) is 11.2. The van der Waals surface area contributed by atoms with Gasteiger partial charge in [-0.05, 0) is 12.1 Å². The number of carbonyl (C=O) groups is 1. The minimum absolute atomic E-state index is 0.347. The summed E-state index contributed by atoms with van der Waals surface area (Å²) >= 11 is 0. The third-order valence-electron chi connectivity index (χ3n) is 4.24. The second kappa shape index (κ2) is 4.71. The second-order valence-electron chi connectivity index (χ2n) is 5.45. The van der Waals surface area contributed by atoms with Crippen LogP contribution in [0.15, 0.2) is 85.2 Å². The number of carbonyl (C=O) groups excluding carboxylic acids is 1. The number of rotatable bonds is 1. The summed E-state index contributed by atoms with van der Waals surface area (Å²) in [6.45, 7) is 7.76. The van der Waals surface area contributed by atoms with Crippen LogP contribution in [0, 0.1) is 0 Å². The number of hydrogen-bond donors (Lipinski definition) is 0. The van der Waals surface area contributed by atoms with Crippen LogP contribution in [0.4, 0.5) is 0 Å². The monoisotopic (exact) mass is 302 g/mol. The highest BCUT2D eigenvalue weighted by atomic mass is 16.6. The summed E-state index contributed by atoms with van der Waals surface area (Å²) < 4.78 is 11.8. The molecule has 0 fully saturated rings. The third-order valence-corrected chi connectivity index (χ3v) is 4.24. The zero-order valence-corrected chi connectivity index (χ0v) is 12.4. The molecule has 112 valence electrons. The van der Waals surface area contributed by atoms with Crippen molar-refractivity contribution in [3.05, 3.63) is 102 Å². The minimum Gasteiger partial charge on any atom is -0.457 e. The van der Waals surface area contributed by atoms with Gasteiger partial charge in [-0.25, -0.2) is 4.79 Å². The van der Waals surface area contributed by atoms with Crippen LogP contribution in [0.3, 0.4) is 0 Å². The number of para-hydroxylation sites is 1. The zero-order chi connectivity index (χ0) is 16.0. The molecule has 2 aromatic rings. The number of benzene rings is 2. The predicted octanol–water partition coefficient (Wildman–Crippen LogP) is 4.12. The van der Waals surface area contributed by atoms with Gasteiger partial charge in [-0.1, -0.05) is 61.7 Å². The van der Waals surface area contributed by atoms with E-state index in [2.05, 4.69) is 13.2 Å². The molecule has 4 rings (SSSR count). The molecule has 3 heteroatoms. The van der Waals surface area contributed by atoms with Crippen LogP contribution in [0.5, 0.6) is 5.75 Å². The van der Waals surface area contributed by atoms with E-state index in [1.165, 1.54) is 0 Å². The molecular formula is C20H14O3. The van der Waals surface area contributed by atoms with Gasteiger partial charge in [0.05, 0.1) is 5.56 Å². The summed E-state index contributed by atoms with van der Waals surface area (Å²) in [4.78, 5) is 12.5. The highest BCUT2D eigenvalue weighted by molar-refractivity contribution is 5.97. The van der Waals surface area contributed by atoms with Crippen LogP contribution in [0.25, 0.3) is 0 Å². The average Bonchev–Trinajstić information content (AvgIpc) is 2.86. The molecular weight excluding hydrogens is 288 g/mol. The summed E-state index contributed by atoms with van der Waals surface area (Å²) in [5.74, 6) is 0.747. The lowest BCUT2D eigenvalue weighted by molar-refractivity contribution is 0.0203. The van der Waals surface area contributed by atoms with Crippen LogP contribution >= 0.6 is 0 Å². The fourth-order valence-corrected chi connectivity index (χ4v) is 3.32. The Kier molecular flexibility index (Phi) is 2.78. The van der Waals surface area contributed by atoms with Crippen molar-refractivity contribution >= 4 is 5.97 Å². The van der Waals surface area contributed by atoms with E-state index >= 15 is 0 Å². The molecule has 23 heavy (non-hydrogen) atoms. The van der Waals surface area contributed by atoms with Crippen molar-refractivity contribution in [2.24, 2.45) is 0 Å². The van der Waals surface area contributed by atoms with Crippen molar-refractivity contribution in [3.63, 3.8) is 0 Å². The third kappa shape index (κ3) is 1.67. The molecule has 2 aliphatic rings. The molecule has 2 aliphatic heterocycles. The van der Waals surface area contributed by atoms with E-state index in [0.29, 0.717) is 22.6 Å². The Bertz CT molecular complexity index is 891. The van der Waals surface area contributed by atoms with E-state index in [0.717, 1.165) is 11.1 Å². The van der Waals surface area contributed by atoms with Crippen LogP contribution in [0.2, 0.25) is 0 Å². The molecule has 1 atom stereocenters. The maximum absolute atomic E-state index is 12.5. The molecule has 0 N–H and O–H groups in total. The van der Waals surface area contributed by atoms with Crippen LogP contribution in [0.1, 0.15) is 21.5 Å². The largest absolute Gasteiger partial charge is 0.457 e. The second-order valence-corrected chi connectivity index (χ2v) is 5.45. The molecule has 0 aliphatic carbocycles. The van der Waals surface area contributed by atoms with Gasteiger partial charge >= 0.3 is 5.97 Å². The summed E-state index contributed by atoms with van der Waals surface area (Å²) in [5, 5.41) is 0. The fourth-order valence-electron chi connectivity index (χ4n) is 3.32. The van der Waals surface area contributed by atoms with Gasteiger partial charge in [0.2, 0.25) is 0 Å². The molecule has 0 saturated carbocycles. The van der Waals surface area contributed by atoms with Crippen LogP contribution in [-0.2, 0) is 10.3 Å². The Morgan fingerprint density at radius 1 is 1.00 bits per heavy atom. The smallest absolute Gasteiger partial charge is 0.340 e. The topological polar surface area (TPSA) is 35.5 Å². The molecule has 2 aromatic carbocycles. The zero-order valence-electron chi connectivity index (χ0n) is 12.4. The molecule has 1 spiro atoms. The van der Waals surface area contributed by atoms with Gasteiger partial charge in [0.1, 0.15) is 11.5 Å². The van der Waals surface area contributed by atoms with Crippen LogP contribution in [-0.4, -0.2) is 5.97 Å². The van der Waals surface area contributed by atoms with Gasteiger partial charge in [0.25, 0.3) is 0 Å². The minimum atomic E-state index is -1.03. The van der Waals surface area contributed by atoms with Gasteiger partial charge < -0.3 is 9.47 Å². The fraction of sp³-hybridized carbons (Fsp3) is 0.0500. The van der Waals surface area contributed by atoms with Gasteiger partial charge in [-0.2, -0.15) is 0 Å². The lowest BCUT2D eigenvalue weighted by Gasteiger charge is -2.37. The Morgan fingerprint density at radius 2 is 1.70 bits per heavy atom.